The molecule has 0 bridgehead atoms. The maximum Gasteiger partial charge on any atom is 0.234 e. The molecule has 0 radical (unpaired) electrons. The number of hydrogen-bond acceptors (Lipinski definition) is 7. The number of methoxy groups -OCH3 is 2. The van der Waals surface area contributed by atoms with E-state index in [2.05, 4.69) is 15.3 Å². The molecule has 27 heavy (non-hydrogen) atoms. The van der Waals surface area contributed by atoms with E-state index in [1.807, 2.05) is 47.2 Å². The van der Waals surface area contributed by atoms with Crippen LogP contribution in [0.2, 0.25) is 0 Å². The Morgan fingerprint density at radius 1 is 1.15 bits per heavy atom. The van der Waals surface area contributed by atoms with Gasteiger partial charge in [-0.15, -0.1) is 28.3 Å². The van der Waals surface area contributed by atoms with E-state index >= 15 is 0 Å². The molecule has 0 amide bonds. The van der Waals surface area contributed by atoms with Crippen LogP contribution in [0, 0.1) is 6.92 Å². The van der Waals surface area contributed by atoms with Gasteiger partial charge in [-0.3, -0.25) is 4.40 Å². The number of fused-ring (bicyclic) bond motifs is 1. The lowest BCUT2D eigenvalue weighted by Crippen LogP contribution is -1.96. The summed E-state index contributed by atoms with van der Waals surface area (Å²) in [5.74, 6) is 2.09. The van der Waals surface area contributed by atoms with Crippen molar-refractivity contribution in [1.82, 2.24) is 19.4 Å². The Hall–Kier alpha value is -2.65. The van der Waals surface area contributed by atoms with Crippen molar-refractivity contribution < 1.29 is 9.47 Å². The van der Waals surface area contributed by atoms with Crippen LogP contribution in [0.5, 0.6) is 11.5 Å². The maximum atomic E-state index is 5.43. The van der Waals surface area contributed by atoms with Crippen LogP contribution in [0.25, 0.3) is 17.2 Å². The van der Waals surface area contributed by atoms with E-state index in [-0.39, 0.29) is 17.0 Å². The van der Waals surface area contributed by atoms with Crippen molar-refractivity contribution in [2.24, 2.45) is 0 Å². The first kappa shape index (κ1) is 19.1. The van der Waals surface area contributed by atoms with E-state index < -0.39 is 0 Å². The minimum absolute atomic E-state index is 0. The number of aryl methyl sites for hydroxylation is 1. The van der Waals surface area contributed by atoms with Crippen molar-refractivity contribution in [2.75, 3.05) is 19.5 Å². The van der Waals surface area contributed by atoms with E-state index in [0.717, 1.165) is 33.7 Å². The summed E-state index contributed by atoms with van der Waals surface area (Å²) < 4.78 is 12.6. The van der Waals surface area contributed by atoms with Crippen molar-refractivity contribution in [3.05, 3.63) is 47.7 Å². The van der Waals surface area contributed by atoms with Gasteiger partial charge < -0.3 is 14.8 Å². The Labute approximate surface area is 170 Å². The second-order valence-electron chi connectivity index (χ2n) is 5.56. The molecule has 4 rings (SSSR count). The quantitative estimate of drug-likeness (QED) is 0.485. The van der Waals surface area contributed by atoms with Crippen molar-refractivity contribution in [3.63, 3.8) is 0 Å². The summed E-state index contributed by atoms with van der Waals surface area (Å²) in [6.45, 7) is 1.96. The van der Waals surface area contributed by atoms with Crippen molar-refractivity contribution >= 4 is 44.9 Å². The molecule has 1 aromatic carbocycles. The van der Waals surface area contributed by atoms with E-state index in [1.54, 1.807) is 20.4 Å². The first-order valence-corrected chi connectivity index (χ1v) is 8.82. The van der Waals surface area contributed by atoms with Crippen LogP contribution in [0.1, 0.15) is 5.69 Å². The van der Waals surface area contributed by atoms with Gasteiger partial charge in [0.15, 0.2) is 5.13 Å². The Morgan fingerprint density at radius 2 is 2.00 bits per heavy atom. The van der Waals surface area contributed by atoms with Crippen LogP contribution in [0.4, 0.5) is 10.8 Å². The fraction of sp³-hybridized carbons (Fsp3) is 0.167. The second kappa shape index (κ2) is 7.93. The second-order valence-corrected chi connectivity index (χ2v) is 6.42. The first-order chi connectivity index (χ1) is 12.7. The smallest absolute Gasteiger partial charge is 0.234 e. The van der Waals surface area contributed by atoms with E-state index in [4.69, 9.17) is 14.5 Å². The van der Waals surface area contributed by atoms with Crippen LogP contribution in [0.15, 0.2) is 42.0 Å². The molecule has 0 unspecified atom stereocenters. The minimum atomic E-state index is 0. The molecular weight excluding hydrogens is 430 g/mol. The van der Waals surface area contributed by atoms with Crippen LogP contribution >= 0.6 is 28.3 Å². The molecule has 0 aliphatic rings. The molecule has 0 atom stereocenters. The summed E-state index contributed by atoms with van der Waals surface area (Å²) in [6.07, 6.45) is 3.67. The molecule has 9 heteroatoms. The third-order valence-electron chi connectivity index (χ3n) is 3.98. The summed E-state index contributed by atoms with van der Waals surface area (Å²) in [5.41, 5.74) is 3.51. The molecular formula is C18H18BrN5O2S. The Morgan fingerprint density at radius 3 is 2.78 bits per heavy atom. The molecule has 0 spiro atoms. The summed E-state index contributed by atoms with van der Waals surface area (Å²) in [4.78, 5) is 13.5. The Bertz CT molecular complexity index is 1080. The molecule has 7 nitrogen and oxygen atoms in total. The van der Waals surface area contributed by atoms with Crippen LogP contribution in [0.3, 0.4) is 0 Å². The van der Waals surface area contributed by atoms with Gasteiger partial charge >= 0.3 is 0 Å². The fourth-order valence-corrected chi connectivity index (χ4v) is 3.47. The van der Waals surface area contributed by atoms with Gasteiger partial charge in [-0.25, -0.2) is 15.0 Å². The molecule has 3 heterocycles. The molecule has 4 aromatic rings. The monoisotopic (exact) mass is 447 g/mol. The molecule has 0 aliphatic heterocycles. The van der Waals surface area contributed by atoms with Gasteiger partial charge in [-0.05, 0) is 25.1 Å². The molecule has 140 valence electrons. The number of nitrogens with zero attached hydrogens (tertiary/aromatic N) is 4. The zero-order valence-electron chi connectivity index (χ0n) is 15.0. The molecule has 0 fully saturated rings. The lowest BCUT2D eigenvalue weighted by molar-refractivity contribution is 0.395. The van der Waals surface area contributed by atoms with Crippen LogP contribution in [-0.2, 0) is 0 Å². The molecule has 3 aromatic heterocycles. The zero-order chi connectivity index (χ0) is 18.1. The lowest BCUT2D eigenvalue weighted by Gasteiger charge is -2.10. The third kappa shape index (κ3) is 3.60. The number of thiazole rings is 1. The van der Waals surface area contributed by atoms with Crippen molar-refractivity contribution in [1.29, 1.82) is 0 Å². The van der Waals surface area contributed by atoms with Gasteiger partial charge in [0, 0.05) is 23.8 Å². The van der Waals surface area contributed by atoms with E-state index in [1.165, 1.54) is 11.3 Å². The first-order valence-electron chi connectivity index (χ1n) is 7.94. The topological polar surface area (TPSA) is 73.6 Å². The number of rotatable bonds is 5. The van der Waals surface area contributed by atoms with E-state index in [0.29, 0.717) is 11.5 Å². The normalized spacial score (nSPS) is 10.5. The van der Waals surface area contributed by atoms with E-state index in [9.17, 15) is 0 Å². The van der Waals surface area contributed by atoms with Gasteiger partial charge in [0.05, 0.1) is 31.3 Å². The Kier molecular flexibility index (Phi) is 5.62. The molecule has 0 aliphatic carbocycles. The summed E-state index contributed by atoms with van der Waals surface area (Å²) in [5, 5.41) is 6.07. The third-order valence-corrected chi connectivity index (χ3v) is 4.73. The molecule has 0 saturated heterocycles. The van der Waals surface area contributed by atoms with Gasteiger partial charge in [-0.1, -0.05) is 0 Å². The standard InChI is InChI=1S/C18H17N5O2S.BrH/c1-11-16(23-8-4-7-19-17(23)20-11)14-10-26-18(22-14)21-13-6-5-12(24-2)9-15(13)25-3;/h4-10H,1-3H3,(H,21,22);1H. The predicted octanol–water partition coefficient (Wildman–Crippen LogP) is 4.50. The highest BCUT2D eigenvalue weighted by Crippen LogP contribution is 2.34. The number of benzene rings is 1. The summed E-state index contributed by atoms with van der Waals surface area (Å²) in [7, 11) is 3.25. The summed E-state index contributed by atoms with van der Waals surface area (Å²) >= 11 is 1.52. The minimum Gasteiger partial charge on any atom is -0.497 e. The highest BCUT2D eigenvalue weighted by molar-refractivity contribution is 8.93. The number of imidazole rings is 1. The summed E-state index contributed by atoms with van der Waals surface area (Å²) in [6, 6.07) is 7.49. The van der Waals surface area contributed by atoms with Gasteiger partial charge in [0.25, 0.3) is 0 Å². The number of ether oxygens (including phenoxy) is 2. The van der Waals surface area contributed by atoms with Crippen molar-refractivity contribution in [2.45, 2.75) is 6.92 Å². The highest BCUT2D eigenvalue weighted by atomic mass is 79.9. The molecule has 1 N–H and O–H groups in total. The predicted molar refractivity (Wildman–Crippen MR) is 112 cm³/mol. The van der Waals surface area contributed by atoms with Crippen LogP contribution in [-0.4, -0.2) is 33.6 Å². The van der Waals surface area contributed by atoms with Gasteiger partial charge in [-0.2, -0.15) is 0 Å². The number of hydrogen-bond donors (Lipinski definition) is 1. The maximum absolute atomic E-state index is 5.43. The lowest BCUT2D eigenvalue weighted by atomic mass is 10.2. The number of halogens is 1. The molecule has 0 saturated carbocycles. The van der Waals surface area contributed by atoms with Crippen LogP contribution < -0.4 is 14.8 Å². The van der Waals surface area contributed by atoms with Crippen molar-refractivity contribution in [3.8, 4) is 22.9 Å². The number of aromatic nitrogens is 4. The fourth-order valence-electron chi connectivity index (χ4n) is 2.76. The number of anilines is 2. The Balaban J connectivity index is 0.00000210. The zero-order valence-corrected chi connectivity index (χ0v) is 17.5. The van der Waals surface area contributed by atoms with Gasteiger partial charge in [0.2, 0.25) is 5.78 Å². The largest absolute Gasteiger partial charge is 0.497 e. The highest BCUT2D eigenvalue weighted by Gasteiger charge is 2.15. The number of nitrogens with one attached hydrogen (secondary N) is 1. The SMILES string of the molecule is Br.COc1ccc(Nc2nc(-c3c(C)nc4ncccn34)cs2)c(OC)c1. The van der Waals surface area contributed by atoms with Gasteiger partial charge in [0.1, 0.15) is 17.2 Å². The average Bonchev–Trinajstić information content (AvgIpc) is 3.24. The average molecular weight is 448 g/mol.